The number of nitrogens with zero attached hydrogens (tertiary/aromatic N) is 2. The number of halogens is 3. The van der Waals surface area contributed by atoms with Gasteiger partial charge in [-0.3, -0.25) is 4.79 Å². The molecule has 1 amide bonds. The van der Waals surface area contributed by atoms with Crippen LogP contribution in [0.3, 0.4) is 0 Å². The van der Waals surface area contributed by atoms with Gasteiger partial charge >= 0.3 is 6.61 Å². The van der Waals surface area contributed by atoms with Crippen molar-refractivity contribution in [2.75, 3.05) is 34.3 Å². The van der Waals surface area contributed by atoms with Crippen molar-refractivity contribution in [1.29, 1.82) is 0 Å². The average molecular weight is 514 g/mol. The Balaban J connectivity index is 0.00000729. The van der Waals surface area contributed by atoms with Gasteiger partial charge in [0.2, 0.25) is 5.91 Å². The Hall–Kier alpha value is -1.85. The number of rotatable bonds is 9. The first-order chi connectivity index (χ1) is 12.7. The first-order valence-corrected chi connectivity index (χ1v) is 8.57. The number of carbonyl (C=O) groups excluding carboxylic acids is 1. The van der Waals surface area contributed by atoms with Gasteiger partial charge in [-0.05, 0) is 24.1 Å². The molecule has 1 aromatic rings. The number of ether oxygens (including phenoxy) is 2. The van der Waals surface area contributed by atoms with Crippen LogP contribution in [-0.2, 0) is 11.3 Å². The molecule has 0 fully saturated rings. The zero-order valence-electron chi connectivity index (χ0n) is 16.8. The van der Waals surface area contributed by atoms with E-state index >= 15 is 0 Å². The molecule has 28 heavy (non-hydrogen) atoms. The fourth-order valence-corrected chi connectivity index (χ4v) is 1.97. The molecule has 2 N–H and O–H groups in total. The quantitative estimate of drug-likeness (QED) is 0.301. The van der Waals surface area contributed by atoms with Crippen molar-refractivity contribution in [2.45, 2.75) is 27.0 Å². The average Bonchev–Trinajstić information content (AvgIpc) is 2.60. The third-order valence-electron chi connectivity index (χ3n) is 3.47. The number of hydrogen-bond donors (Lipinski definition) is 2. The minimum absolute atomic E-state index is 0. The van der Waals surface area contributed by atoms with E-state index in [1.54, 1.807) is 20.2 Å². The van der Waals surface area contributed by atoms with E-state index in [4.69, 9.17) is 4.74 Å². The van der Waals surface area contributed by atoms with Crippen molar-refractivity contribution in [3.8, 4) is 11.5 Å². The summed E-state index contributed by atoms with van der Waals surface area (Å²) in [4.78, 5) is 17.6. The molecule has 0 bridgehead atoms. The minimum Gasteiger partial charge on any atom is -0.497 e. The lowest BCUT2D eigenvalue weighted by Gasteiger charge is -2.16. The van der Waals surface area contributed by atoms with E-state index in [0.29, 0.717) is 29.7 Å². The number of likely N-dealkylation sites (N-methyl/N-ethyl adjacent to an activating group) is 1. The Bertz CT molecular complexity index is 643. The third-order valence-corrected chi connectivity index (χ3v) is 3.47. The molecule has 0 saturated carbocycles. The second-order valence-corrected chi connectivity index (χ2v) is 6.43. The van der Waals surface area contributed by atoms with Crippen LogP contribution in [0.1, 0.15) is 19.4 Å². The smallest absolute Gasteiger partial charge is 0.387 e. The van der Waals surface area contributed by atoms with Crippen molar-refractivity contribution in [3.05, 3.63) is 23.8 Å². The lowest BCUT2D eigenvalue weighted by molar-refractivity contribution is -0.127. The van der Waals surface area contributed by atoms with E-state index in [-0.39, 0.29) is 48.7 Å². The monoisotopic (exact) mass is 514 g/mol. The highest BCUT2D eigenvalue weighted by molar-refractivity contribution is 14.0. The fraction of sp³-hybridized carbons (Fsp3) is 0.556. The number of benzene rings is 1. The molecule has 0 unspecified atom stereocenters. The summed E-state index contributed by atoms with van der Waals surface area (Å²) in [6.07, 6.45) is 0. The summed E-state index contributed by atoms with van der Waals surface area (Å²) in [6.45, 7) is 1.91. The Labute approximate surface area is 181 Å². The van der Waals surface area contributed by atoms with Crippen LogP contribution in [0.2, 0.25) is 0 Å². The van der Waals surface area contributed by atoms with Crippen LogP contribution < -0.4 is 20.1 Å². The molecule has 7 nitrogen and oxygen atoms in total. The summed E-state index contributed by atoms with van der Waals surface area (Å²) in [5.41, 5.74) is 0.444. The molecule has 0 saturated heterocycles. The lowest BCUT2D eigenvalue weighted by Crippen LogP contribution is -2.44. The summed E-state index contributed by atoms with van der Waals surface area (Å²) >= 11 is 0. The normalized spacial score (nSPS) is 11.1. The molecule has 0 radical (unpaired) electrons. The summed E-state index contributed by atoms with van der Waals surface area (Å²) in [6, 6.07) is 4.54. The molecule has 160 valence electrons. The van der Waals surface area contributed by atoms with Crippen LogP contribution in [0, 0.1) is 5.92 Å². The van der Waals surface area contributed by atoms with Gasteiger partial charge in [0.25, 0.3) is 0 Å². The standard InChI is InChI=1S/C18H28F2N4O3.HI/c1-12(2)9-21-18(23-11-16(25)24(3)4)22-10-13-8-14(26-5)6-7-15(13)27-17(19)20;/h6-8,12,17H,9-11H2,1-5H3,(H2,21,22,23);1H. The summed E-state index contributed by atoms with van der Waals surface area (Å²) in [5, 5.41) is 6.06. The molecule has 1 rings (SSSR count). The highest BCUT2D eigenvalue weighted by Crippen LogP contribution is 2.26. The maximum absolute atomic E-state index is 12.6. The number of nitrogens with one attached hydrogen (secondary N) is 2. The van der Waals surface area contributed by atoms with Crippen molar-refractivity contribution >= 4 is 35.8 Å². The number of guanidine groups is 1. The van der Waals surface area contributed by atoms with Gasteiger partial charge in [0.15, 0.2) is 5.96 Å². The zero-order valence-corrected chi connectivity index (χ0v) is 19.1. The van der Waals surface area contributed by atoms with Crippen molar-refractivity contribution in [1.82, 2.24) is 15.5 Å². The molecule has 0 aliphatic heterocycles. The van der Waals surface area contributed by atoms with Gasteiger partial charge < -0.3 is 25.0 Å². The molecule has 0 aromatic heterocycles. The minimum atomic E-state index is -2.93. The third kappa shape index (κ3) is 9.90. The lowest BCUT2D eigenvalue weighted by atomic mass is 10.2. The molecule has 1 aromatic carbocycles. The largest absolute Gasteiger partial charge is 0.497 e. The molecule has 0 heterocycles. The summed E-state index contributed by atoms with van der Waals surface area (Å²) in [5.74, 6) is 1.19. The van der Waals surface area contributed by atoms with Crippen molar-refractivity contribution in [2.24, 2.45) is 10.9 Å². The Morgan fingerprint density at radius 3 is 2.46 bits per heavy atom. The van der Waals surface area contributed by atoms with Gasteiger partial charge in [-0.1, -0.05) is 13.8 Å². The van der Waals surface area contributed by atoms with Crippen LogP contribution in [0.15, 0.2) is 23.2 Å². The van der Waals surface area contributed by atoms with Crippen LogP contribution in [0.5, 0.6) is 11.5 Å². The highest BCUT2D eigenvalue weighted by Gasteiger charge is 2.12. The van der Waals surface area contributed by atoms with Gasteiger partial charge in [-0.15, -0.1) is 24.0 Å². The molecule has 0 atom stereocenters. The van der Waals surface area contributed by atoms with Gasteiger partial charge in [0.1, 0.15) is 11.5 Å². The van der Waals surface area contributed by atoms with E-state index < -0.39 is 6.61 Å². The van der Waals surface area contributed by atoms with E-state index in [2.05, 4.69) is 20.4 Å². The predicted octanol–water partition coefficient (Wildman–Crippen LogP) is 2.69. The van der Waals surface area contributed by atoms with Crippen LogP contribution in [0.4, 0.5) is 8.78 Å². The molecule has 0 spiro atoms. The number of amides is 1. The second kappa shape index (κ2) is 13.3. The first kappa shape index (κ1) is 26.1. The molecular weight excluding hydrogens is 485 g/mol. The van der Waals surface area contributed by atoms with E-state index in [1.807, 2.05) is 13.8 Å². The van der Waals surface area contributed by atoms with Crippen molar-refractivity contribution in [3.63, 3.8) is 0 Å². The number of carbonyl (C=O) groups is 1. The fourth-order valence-electron chi connectivity index (χ4n) is 1.97. The number of hydrogen-bond acceptors (Lipinski definition) is 4. The number of methoxy groups -OCH3 is 1. The molecule has 0 aliphatic rings. The summed E-state index contributed by atoms with van der Waals surface area (Å²) < 4.78 is 34.9. The van der Waals surface area contributed by atoms with Crippen LogP contribution >= 0.6 is 24.0 Å². The number of aliphatic imine (C=N–C) groups is 1. The molecule has 0 aliphatic carbocycles. The Morgan fingerprint density at radius 2 is 1.93 bits per heavy atom. The first-order valence-electron chi connectivity index (χ1n) is 8.57. The van der Waals surface area contributed by atoms with Crippen molar-refractivity contribution < 1.29 is 23.0 Å². The molecule has 10 heteroatoms. The second-order valence-electron chi connectivity index (χ2n) is 6.43. The maximum Gasteiger partial charge on any atom is 0.387 e. The van der Waals surface area contributed by atoms with Crippen LogP contribution in [-0.4, -0.2) is 57.7 Å². The Kier molecular flexibility index (Phi) is 12.5. The van der Waals surface area contributed by atoms with Gasteiger partial charge in [-0.25, -0.2) is 4.99 Å². The highest BCUT2D eigenvalue weighted by atomic mass is 127. The Morgan fingerprint density at radius 1 is 1.25 bits per heavy atom. The summed E-state index contributed by atoms with van der Waals surface area (Å²) in [7, 11) is 4.80. The predicted molar refractivity (Wildman–Crippen MR) is 116 cm³/mol. The maximum atomic E-state index is 12.6. The van der Waals surface area contributed by atoms with Gasteiger partial charge in [0.05, 0.1) is 20.2 Å². The van der Waals surface area contributed by atoms with E-state index in [0.717, 1.165) is 0 Å². The number of alkyl halides is 2. The molecular formula is C18H29F2IN4O3. The van der Waals surface area contributed by atoms with E-state index in [9.17, 15) is 13.6 Å². The van der Waals surface area contributed by atoms with Crippen LogP contribution in [0.25, 0.3) is 0 Å². The van der Waals surface area contributed by atoms with Gasteiger partial charge in [-0.2, -0.15) is 8.78 Å². The SMILES string of the molecule is COc1ccc(OC(F)F)c(CN=C(NCC(=O)N(C)C)NCC(C)C)c1.I. The van der Waals surface area contributed by atoms with E-state index in [1.165, 1.54) is 24.1 Å². The zero-order chi connectivity index (χ0) is 20.4. The van der Waals surface area contributed by atoms with Gasteiger partial charge in [0, 0.05) is 26.2 Å². The topological polar surface area (TPSA) is 75.2 Å².